The lowest BCUT2D eigenvalue weighted by atomic mass is 10.0. The van der Waals surface area contributed by atoms with Gasteiger partial charge in [-0.2, -0.15) is 0 Å². The molecule has 0 spiro atoms. The van der Waals surface area contributed by atoms with Crippen LogP contribution in [0.25, 0.3) is 11.3 Å². The van der Waals surface area contributed by atoms with Crippen molar-refractivity contribution in [1.82, 2.24) is 19.8 Å². The molecular formula is C34H36Cl2N4O4. The average molecular weight is 636 g/mol. The number of aryl methyl sites for hydroxylation is 1. The van der Waals surface area contributed by atoms with Crippen molar-refractivity contribution in [2.45, 2.75) is 58.2 Å². The number of carbonyl (C=O) groups is 2. The summed E-state index contributed by atoms with van der Waals surface area (Å²) in [5, 5.41) is 13.5. The summed E-state index contributed by atoms with van der Waals surface area (Å²) in [5.74, 6) is 0.510. The molecule has 1 aromatic heterocycles. The molecule has 2 heterocycles. The molecule has 1 fully saturated rings. The van der Waals surface area contributed by atoms with Gasteiger partial charge in [0.25, 0.3) is 0 Å². The summed E-state index contributed by atoms with van der Waals surface area (Å²) in [4.78, 5) is 31.3. The average Bonchev–Trinajstić information content (AvgIpc) is 3.71. The van der Waals surface area contributed by atoms with E-state index in [1.165, 1.54) is 0 Å². The number of ether oxygens (including phenoxy) is 1. The Balaban J connectivity index is 1.38. The number of aromatic nitrogens is 2. The number of carbonyl (C=O) groups excluding carboxylic acids is 1. The standard InChI is InChI=1S/C34H36Cl2N4O4/c1-2-3-16-40-21-31(28-15-12-26(35)20-29(28)36)37-32(40)30(38-34(43)39-17-4-5-18-39)19-23-8-13-27(14-9-23)44-22-24-6-10-25(11-7-24)33(41)42/h6-15,20-21,30H,2-5,16-19,22H2,1H3,(H,38,43)(H,41,42)/t30-/m0/s1. The fourth-order valence-electron chi connectivity index (χ4n) is 5.28. The number of hydrogen-bond donors (Lipinski definition) is 2. The highest BCUT2D eigenvalue weighted by molar-refractivity contribution is 6.36. The zero-order valence-electron chi connectivity index (χ0n) is 24.6. The molecule has 5 rings (SSSR count). The lowest BCUT2D eigenvalue weighted by Gasteiger charge is -2.24. The summed E-state index contributed by atoms with van der Waals surface area (Å²) in [5.41, 5.74) is 3.66. The molecule has 0 radical (unpaired) electrons. The van der Waals surface area contributed by atoms with Crippen LogP contribution in [0.5, 0.6) is 5.75 Å². The van der Waals surface area contributed by atoms with Crippen molar-refractivity contribution in [2.24, 2.45) is 0 Å². The normalized spacial score (nSPS) is 13.6. The number of benzene rings is 3. The summed E-state index contributed by atoms with van der Waals surface area (Å²) >= 11 is 12.7. The summed E-state index contributed by atoms with van der Waals surface area (Å²) in [6, 6.07) is 19.4. The summed E-state index contributed by atoms with van der Waals surface area (Å²) in [7, 11) is 0. The van der Waals surface area contributed by atoms with Gasteiger partial charge >= 0.3 is 12.0 Å². The van der Waals surface area contributed by atoms with E-state index in [2.05, 4.69) is 16.8 Å². The van der Waals surface area contributed by atoms with Crippen LogP contribution in [-0.2, 0) is 19.6 Å². The Hall–Kier alpha value is -4.01. The van der Waals surface area contributed by atoms with Gasteiger partial charge < -0.3 is 24.6 Å². The van der Waals surface area contributed by atoms with E-state index >= 15 is 0 Å². The van der Waals surface area contributed by atoms with E-state index in [0.29, 0.717) is 28.8 Å². The van der Waals surface area contributed by atoms with Gasteiger partial charge in [-0.1, -0.05) is 60.8 Å². The molecule has 44 heavy (non-hydrogen) atoms. The number of unbranched alkanes of at least 4 members (excludes halogenated alkanes) is 1. The molecule has 1 saturated heterocycles. The molecule has 10 heteroatoms. The molecule has 1 aliphatic heterocycles. The number of aromatic carboxylic acids is 1. The molecule has 1 atom stereocenters. The second-order valence-corrected chi connectivity index (χ2v) is 11.8. The van der Waals surface area contributed by atoms with Gasteiger partial charge in [0, 0.05) is 36.4 Å². The molecule has 0 unspecified atom stereocenters. The number of urea groups is 1. The first-order valence-electron chi connectivity index (χ1n) is 14.9. The Morgan fingerprint density at radius 3 is 2.36 bits per heavy atom. The Morgan fingerprint density at radius 2 is 1.70 bits per heavy atom. The van der Waals surface area contributed by atoms with E-state index in [0.717, 1.165) is 73.5 Å². The maximum atomic E-state index is 13.3. The number of nitrogens with one attached hydrogen (secondary N) is 1. The predicted octanol–water partition coefficient (Wildman–Crippen LogP) is 8.02. The summed E-state index contributed by atoms with van der Waals surface area (Å²) in [6.07, 6.45) is 6.54. The first-order chi connectivity index (χ1) is 21.3. The second-order valence-electron chi connectivity index (χ2n) is 11.0. The number of carboxylic acid groups (broad SMARTS) is 1. The van der Waals surface area contributed by atoms with Crippen molar-refractivity contribution >= 4 is 35.2 Å². The van der Waals surface area contributed by atoms with Crippen LogP contribution in [0.4, 0.5) is 4.79 Å². The highest BCUT2D eigenvalue weighted by Gasteiger charge is 2.26. The van der Waals surface area contributed by atoms with Crippen molar-refractivity contribution in [3.63, 3.8) is 0 Å². The fourth-order valence-corrected chi connectivity index (χ4v) is 5.78. The van der Waals surface area contributed by atoms with Crippen molar-refractivity contribution in [3.8, 4) is 17.0 Å². The summed E-state index contributed by atoms with van der Waals surface area (Å²) < 4.78 is 8.07. The van der Waals surface area contributed by atoms with Crippen molar-refractivity contribution < 1.29 is 19.4 Å². The summed E-state index contributed by atoms with van der Waals surface area (Å²) in [6.45, 7) is 4.73. The third kappa shape index (κ3) is 7.92. The van der Waals surface area contributed by atoms with Crippen LogP contribution in [0.3, 0.4) is 0 Å². The van der Waals surface area contributed by atoms with Crippen LogP contribution in [0.15, 0.2) is 72.9 Å². The van der Waals surface area contributed by atoms with E-state index in [1.54, 1.807) is 36.4 Å². The van der Waals surface area contributed by atoms with Gasteiger partial charge in [0.05, 0.1) is 22.3 Å². The van der Waals surface area contributed by atoms with Gasteiger partial charge in [-0.05, 0) is 79.3 Å². The molecule has 0 bridgehead atoms. The van der Waals surface area contributed by atoms with Gasteiger partial charge in [0.1, 0.15) is 18.2 Å². The maximum absolute atomic E-state index is 13.3. The Labute approximate surface area is 267 Å². The first-order valence-corrected chi connectivity index (χ1v) is 15.7. The second kappa shape index (κ2) is 14.6. The smallest absolute Gasteiger partial charge is 0.335 e. The monoisotopic (exact) mass is 634 g/mol. The van der Waals surface area contributed by atoms with Crippen molar-refractivity contribution in [2.75, 3.05) is 13.1 Å². The van der Waals surface area contributed by atoms with Crippen molar-refractivity contribution in [3.05, 3.63) is 105 Å². The van der Waals surface area contributed by atoms with E-state index in [9.17, 15) is 9.59 Å². The topological polar surface area (TPSA) is 96.7 Å². The zero-order chi connectivity index (χ0) is 31.1. The van der Waals surface area contributed by atoms with E-state index < -0.39 is 5.97 Å². The van der Waals surface area contributed by atoms with Crippen LogP contribution in [-0.4, -0.2) is 44.6 Å². The molecule has 1 aliphatic rings. The lowest BCUT2D eigenvalue weighted by Crippen LogP contribution is -2.41. The number of hydrogen-bond acceptors (Lipinski definition) is 4. The van der Waals surface area contributed by atoms with E-state index in [-0.39, 0.29) is 17.6 Å². The SMILES string of the molecule is CCCCn1cc(-c2ccc(Cl)cc2Cl)nc1[C@H](Cc1ccc(OCc2ccc(C(=O)O)cc2)cc1)NC(=O)N1CCCC1. The number of imidazole rings is 1. The van der Waals surface area contributed by atoms with Gasteiger partial charge in [-0.3, -0.25) is 0 Å². The predicted molar refractivity (Wildman–Crippen MR) is 173 cm³/mol. The molecule has 0 saturated carbocycles. The largest absolute Gasteiger partial charge is 0.489 e. The zero-order valence-corrected chi connectivity index (χ0v) is 26.2. The molecule has 2 amide bonds. The number of likely N-dealkylation sites (tertiary alicyclic amines) is 1. The minimum atomic E-state index is -0.958. The van der Waals surface area contributed by atoms with Crippen LogP contribution < -0.4 is 10.1 Å². The number of amides is 2. The van der Waals surface area contributed by atoms with Gasteiger partial charge in [-0.15, -0.1) is 0 Å². The van der Waals surface area contributed by atoms with E-state index in [1.807, 2.05) is 41.4 Å². The number of carboxylic acids is 1. The number of rotatable bonds is 12. The number of halogens is 2. The minimum absolute atomic E-state index is 0.0857. The maximum Gasteiger partial charge on any atom is 0.335 e. The molecule has 230 valence electrons. The molecule has 0 aliphatic carbocycles. The minimum Gasteiger partial charge on any atom is -0.489 e. The molecule has 8 nitrogen and oxygen atoms in total. The number of nitrogens with zero attached hydrogens (tertiary/aromatic N) is 3. The quantitative estimate of drug-likeness (QED) is 0.164. The van der Waals surface area contributed by atoms with Crippen LogP contribution >= 0.6 is 23.2 Å². The van der Waals surface area contributed by atoms with Crippen LogP contribution in [0, 0.1) is 0 Å². The highest BCUT2D eigenvalue weighted by atomic mass is 35.5. The van der Waals surface area contributed by atoms with Gasteiger partial charge in [-0.25, -0.2) is 14.6 Å². The Bertz CT molecular complexity index is 1580. The molecule has 4 aromatic rings. The molecular weight excluding hydrogens is 599 g/mol. The highest BCUT2D eigenvalue weighted by Crippen LogP contribution is 2.32. The Kier molecular flexibility index (Phi) is 10.5. The first kappa shape index (κ1) is 31.4. The van der Waals surface area contributed by atoms with Crippen LogP contribution in [0.1, 0.15) is 66.0 Å². The lowest BCUT2D eigenvalue weighted by molar-refractivity contribution is 0.0696. The Morgan fingerprint density at radius 1 is 1.00 bits per heavy atom. The fraction of sp³-hybridized carbons (Fsp3) is 0.324. The molecule has 2 N–H and O–H groups in total. The van der Waals surface area contributed by atoms with Gasteiger partial charge in [0.2, 0.25) is 0 Å². The third-order valence-corrected chi connectivity index (χ3v) is 8.29. The molecule has 3 aromatic carbocycles. The van der Waals surface area contributed by atoms with Crippen molar-refractivity contribution in [1.29, 1.82) is 0 Å². The third-order valence-electron chi connectivity index (χ3n) is 7.74. The van der Waals surface area contributed by atoms with E-state index in [4.69, 9.17) is 38.0 Å². The van der Waals surface area contributed by atoms with Gasteiger partial charge in [0.15, 0.2) is 0 Å². The van der Waals surface area contributed by atoms with Crippen LogP contribution in [0.2, 0.25) is 10.0 Å².